The molecule has 25 heavy (non-hydrogen) atoms. The zero-order valence-electron chi connectivity index (χ0n) is 14.0. The van der Waals surface area contributed by atoms with E-state index in [0.717, 1.165) is 37.2 Å². The minimum atomic E-state index is -0.318. The number of hydrogen-bond donors (Lipinski definition) is 1. The summed E-state index contributed by atoms with van der Waals surface area (Å²) in [5.41, 5.74) is 2.82. The Balaban J connectivity index is 1.38. The molecule has 1 N–H and O–H groups in total. The molecule has 1 amide bonds. The summed E-state index contributed by atoms with van der Waals surface area (Å²) in [6, 6.07) is 6.65. The van der Waals surface area contributed by atoms with E-state index in [-0.39, 0.29) is 24.2 Å². The predicted octanol–water partition coefficient (Wildman–Crippen LogP) is 2.36. The average Bonchev–Trinajstić information content (AvgIpc) is 3.26. The SMILES string of the molecule is O=C(Cc1ccccc1F)N1CCC(Nc2ncnc3c2CCC3)C1. The minimum Gasteiger partial charge on any atom is -0.365 e. The van der Waals surface area contributed by atoms with Crippen molar-refractivity contribution in [2.75, 3.05) is 18.4 Å². The van der Waals surface area contributed by atoms with E-state index < -0.39 is 0 Å². The molecule has 1 aliphatic carbocycles. The third-order valence-corrected chi connectivity index (χ3v) is 5.06. The monoisotopic (exact) mass is 340 g/mol. The second kappa shape index (κ2) is 6.78. The third kappa shape index (κ3) is 3.34. The molecule has 0 radical (unpaired) electrons. The van der Waals surface area contributed by atoms with Crippen LogP contribution in [-0.2, 0) is 24.1 Å². The first kappa shape index (κ1) is 16.0. The molecule has 2 aromatic rings. The summed E-state index contributed by atoms with van der Waals surface area (Å²) >= 11 is 0. The lowest BCUT2D eigenvalue weighted by Gasteiger charge is -2.18. The van der Waals surface area contributed by atoms with Gasteiger partial charge in [0.1, 0.15) is 18.0 Å². The lowest BCUT2D eigenvalue weighted by molar-refractivity contribution is -0.129. The Bertz CT molecular complexity index is 795. The highest BCUT2D eigenvalue weighted by Crippen LogP contribution is 2.26. The zero-order valence-corrected chi connectivity index (χ0v) is 14.0. The number of aromatic nitrogens is 2. The van der Waals surface area contributed by atoms with Crippen LogP contribution in [0.3, 0.4) is 0 Å². The first-order chi connectivity index (χ1) is 12.2. The van der Waals surface area contributed by atoms with Gasteiger partial charge in [0.15, 0.2) is 0 Å². The van der Waals surface area contributed by atoms with E-state index in [0.29, 0.717) is 18.7 Å². The van der Waals surface area contributed by atoms with Gasteiger partial charge in [-0.2, -0.15) is 0 Å². The summed E-state index contributed by atoms with van der Waals surface area (Å²) in [4.78, 5) is 23.0. The van der Waals surface area contributed by atoms with Crippen molar-refractivity contribution in [2.45, 2.75) is 38.1 Å². The number of rotatable bonds is 4. The van der Waals surface area contributed by atoms with Crippen LogP contribution in [0.15, 0.2) is 30.6 Å². The van der Waals surface area contributed by atoms with Crippen molar-refractivity contribution in [3.63, 3.8) is 0 Å². The highest BCUT2D eigenvalue weighted by Gasteiger charge is 2.28. The molecule has 1 saturated heterocycles. The summed E-state index contributed by atoms with van der Waals surface area (Å²) in [6.07, 6.45) is 5.76. The quantitative estimate of drug-likeness (QED) is 0.928. The van der Waals surface area contributed by atoms with E-state index in [4.69, 9.17) is 0 Å². The number of anilines is 1. The van der Waals surface area contributed by atoms with Gasteiger partial charge in [0.2, 0.25) is 5.91 Å². The van der Waals surface area contributed by atoms with Crippen molar-refractivity contribution in [3.8, 4) is 0 Å². The van der Waals surface area contributed by atoms with Crippen LogP contribution >= 0.6 is 0 Å². The number of benzene rings is 1. The Kier molecular flexibility index (Phi) is 4.34. The van der Waals surface area contributed by atoms with Gasteiger partial charge in [-0.25, -0.2) is 14.4 Å². The molecule has 130 valence electrons. The summed E-state index contributed by atoms with van der Waals surface area (Å²) < 4.78 is 13.7. The van der Waals surface area contributed by atoms with E-state index in [9.17, 15) is 9.18 Å². The summed E-state index contributed by atoms with van der Waals surface area (Å²) in [5, 5.41) is 3.48. The Hall–Kier alpha value is -2.50. The molecule has 1 unspecified atom stereocenters. The predicted molar refractivity (Wildman–Crippen MR) is 92.8 cm³/mol. The van der Waals surface area contributed by atoms with E-state index in [1.54, 1.807) is 24.5 Å². The fourth-order valence-corrected chi connectivity index (χ4v) is 3.70. The van der Waals surface area contributed by atoms with Crippen LogP contribution in [0.5, 0.6) is 0 Å². The largest absolute Gasteiger partial charge is 0.365 e. The number of likely N-dealkylation sites (tertiary alicyclic amines) is 1. The molecule has 4 rings (SSSR count). The van der Waals surface area contributed by atoms with Gasteiger partial charge in [-0.15, -0.1) is 0 Å². The maximum atomic E-state index is 13.7. The molecule has 1 aromatic carbocycles. The van der Waals surface area contributed by atoms with E-state index in [2.05, 4.69) is 15.3 Å². The fraction of sp³-hybridized carbons (Fsp3) is 0.421. The molecular weight excluding hydrogens is 319 g/mol. The Morgan fingerprint density at radius 2 is 2.16 bits per heavy atom. The molecular formula is C19H21FN4O. The van der Waals surface area contributed by atoms with Crippen LogP contribution in [-0.4, -0.2) is 39.9 Å². The summed E-state index contributed by atoms with van der Waals surface area (Å²) in [7, 11) is 0. The van der Waals surface area contributed by atoms with E-state index in [1.807, 2.05) is 4.90 Å². The second-order valence-corrected chi connectivity index (χ2v) is 6.74. The molecule has 2 heterocycles. The molecule has 5 nitrogen and oxygen atoms in total. The number of aryl methyl sites for hydroxylation is 1. The Morgan fingerprint density at radius 3 is 3.04 bits per heavy atom. The average molecular weight is 340 g/mol. The number of nitrogens with one attached hydrogen (secondary N) is 1. The van der Waals surface area contributed by atoms with Gasteiger partial charge in [0.25, 0.3) is 0 Å². The second-order valence-electron chi connectivity index (χ2n) is 6.74. The number of carbonyl (C=O) groups is 1. The van der Waals surface area contributed by atoms with Gasteiger partial charge >= 0.3 is 0 Å². The lowest BCUT2D eigenvalue weighted by Crippen LogP contribution is -2.33. The molecule has 0 spiro atoms. The molecule has 0 saturated carbocycles. The number of hydrogen-bond acceptors (Lipinski definition) is 4. The van der Waals surface area contributed by atoms with Gasteiger partial charge in [-0.1, -0.05) is 18.2 Å². The van der Waals surface area contributed by atoms with Crippen molar-refractivity contribution in [3.05, 3.63) is 53.2 Å². The van der Waals surface area contributed by atoms with Crippen molar-refractivity contribution in [1.29, 1.82) is 0 Å². The van der Waals surface area contributed by atoms with Gasteiger partial charge in [0, 0.05) is 30.4 Å². The highest BCUT2D eigenvalue weighted by atomic mass is 19.1. The first-order valence-electron chi connectivity index (χ1n) is 8.81. The maximum Gasteiger partial charge on any atom is 0.227 e. The first-order valence-corrected chi connectivity index (χ1v) is 8.81. The standard InChI is InChI=1S/C19H21FN4O/c20-16-6-2-1-4-13(16)10-18(25)24-9-8-14(11-24)23-19-15-5-3-7-17(15)21-12-22-19/h1-2,4,6,12,14H,3,5,7-11H2,(H,21,22,23). The smallest absolute Gasteiger partial charge is 0.227 e. The fourth-order valence-electron chi connectivity index (χ4n) is 3.70. The van der Waals surface area contributed by atoms with Crippen LogP contribution in [0.4, 0.5) is 10.2 Å². The molecule has 1 atom stereocenters. The van der Waals surface area contributed by atoms with Gasteiger partial charge < -0.3 is 10.2 Å². The van der Waals surface area contributed by atoms with Crippen LogP contribution < -0.4 is 5.32 Å². The minimum absolute atomic E-state index is 0.0256. The van der Waals surface area contributed by atoms with Crippen LogP contribution in [0.1, 0.15) is 29.7 Å². The normalized spacial score (nSPS) is 19.1. The summed E-state index contributed by atoms with van der Waals surface area (Å²) in [6.45, 7) is 1.32. The molecule has 6 heteroatoms. The molecule has 2 aliphatic rings. The molecule has 1 fully saturated rings. The van der Waals surface area contributed by atoms with Crippen LogP contribution in [0.25, 0.3) is 0 Å². The van der Waals surface area contributed by atoms with Gasteiger partial charge in [-0.3, -0.25) is 4.79 Å². The third-order valence-electron chi connectivity index (χ3n) is 5.06. The number of nitrogens with zero attached hydrogens (tertiary/aromatic N) is 3. The topological polar surface area (TPSA) is 58.1 Å². The number of halogens is 1. The van der Waals surface area contributed by atoms with Crippen molar-refractivity contribution < 1.29 is 9.18 Å². The van der Waals surface area contributed by atoms with Crippen LogP contribution in [0, 0.1) is 5.82 Å². The van der Waals surface area contributed by atoms with Crippen molar-refractivity contribution in [2.24, 2.45) is 0 Å². The number of carbonyl (C=O) groups excluding carboxylic acids is 1. The number of fused-ring (bicyclic) bond motifs is 1. The highest BCUT2D eigenvalue weighted by molar-refractivity contribution is 5.79. The molecule has 0 bridgehead atoms. The Morgan fingerprint density at radius 1 is 1.28 bits per heavy atom. The van der Waals surface area contributed by atoms with Crippen molar-refractivity contribution in [1.82, 2.24) is 14.9 Å². The number of amides is 1. The maximum absolute atomic E-state index is 13.7. The van der Waals surface area contributed by atoms with E-state index >= 15 is 0 Å². The van der Waals surface area contributed by atoms with E-state index in [1.165, 1.54) is 11.6 Å². The van der Waals surface area contributed by atoms with Gasteiger partial charge in [0.05, 0.1) is 6.42 Å². The summed E-state index contributed by atoms with van der Waals surface area (Å²) in [5.74, 6) is 0.569. The van der Waals surface area contributed by atoms with Crippen molar-refractivity contribution >= 4 is 11.7 Å². The molecule has 1 aliphatic heterocycles. The zero-order chi connectivity index (χ0) is 17.2. The molecule has 1 aromatic heterocycles. The van der Waals surface area contributed by atoms with Crippen LogP contribution in [0.2, 0.25) is 0 Å². The lowest BCUT2D eigenvalue weighted by atomic mass is 10.1. The Labute approximate surface area is 146 Å². The van der Waals surface area contributed by atoms with Gasteiger partial charge in [-0.05, 0) is 37.3 Å².